The fourth-order valence-corrected chi connectivity index (χ4v) is 2.90. The number of halogens is 4. The average Bonchev–Trinajstić information content (AvgIpc) is 3.08. The third-order valence-electron chi connectivity index (χ3n) is 4.30. The Morgan fingerprint density at radius 3 is 2.68 bits per heavy atom. The highest BCUT2D eigenvalue weighted by molar-refractivity contribution is 5.85. The number of pyridine rings is 1. The van der Waals surface area contributed by atoms with E-state index in [9.17, 15) is 22.4 Å². The van der Waals surface area contributed by atoms with Crippen molar-refractivity contribution in [2.24, 2.45) is 0 Å². The first-order valence-corrected chi connectivity index (χ1v) is 8.84. The molecule has 0 spiro atoms. The Bertz CT molecular complexity index is 1290. The average molecular weight is 431 g/mol. The van der Waals surface area contributed by atoms with Crippen LogP contribution in [0.15, 0.2) is 55.0 Å². The smallest absolute Gasteiger partial charge is 0.406 e. The first kappa shape index (κ1) is 20.3. The van der Waals surface area contributed by atoms with Crippen molar-refractivity contribution in [3.63, 3.8) is 0 Å². The van der Waals surface area contributed by atoms with E-state index in [0.717, 1.165) is 10.9 Å². The Kier molecular flexibility index (Phi) is 5.01. The number of nitrogens with one attached hydrogen (secondary N) is 1. The Balaban J connectivity index is 1.56. The van der Waals surface area contributed by atoms with E-state index in [1.807, 2.05) is 0 Å². The van der Waals surface area contributed by atoms with Crippen LogP contribution < -0.4 is 10.2 Å². The third kappa shape index (κ3) is 4.15. The van der Waals surface area contributed by atoms with Crippen LogP contribution in [0, 0.1) is 12.7 Å². The molecule has 1 amide bonds. The highest BCUT2D eigenvalue weighted by Crippen LogP contribution is 2.34. The largest absolute Gasteiger partial charge is 0.432 e. The van der Waals surface area contributed by atoms with Gasteiger partial charge in [-0.25, -0.2) is 24.6 Å². The standard InChI is InChI=1S/C20H13F4N5O2/c1-11-16(9-26-18(27-11)12-4-2-5-13(21)8-12)31-19(30)28-29-10-14(20(22,23)24)17-15(29)6-3-7-25-17/h2-10H,1H3,(H,28,30). The number of ether oxygens (including phenoxy) is 1. The van der Waals surface area contributed by atoms with Gasteiger partial charge >= 0.3 is 12.3 Å². The maximum Gasteiger partial charge on any atom is 0.432 e. The van der Waals surface area contributed by atoms with Gasteiger partial charge in [-0.1, -0.05) is 12.1 Å². The van der Waals surface area contributed by atoms with Gasteiger partial charge in [-0.15, -0.1) is 0 Å². The molecule has 3 heterocycles. The summed E-state index contributed by atoms with van der Waals surface area (Å²) in [4.78, 5) is 24.2. The second kappa shape index (κ2) is 7.67. The number of rotatable bonds is 3. The van der Waals surface area contributed by atoms with E-state index in [2.05, 4.69) is 20.4 Å². The van der Waals surface area contributed by atoms with Crippen LogP contribution in [-0.2, 0) is 6.18 Å². The number of carbonyl (C=O) groups is 1. The van der Waals surface area contributed by atoms with Crippen LogP contribution in [0.5, 0.6) is 5.75 Å². The molecule has 0 aliphatic carbocycles. The van der Waals surface area contributed by atoms with E-state index in [-0.39, 0.29) is 28.3 Å². The topological polar surface area (TPSA) is 81.9 Å². The molecule has 3 aromatic heterocycles. The highest BCUT2D eigenvalue weighted by Gasteiger charge is 2.35. The minimum absolute atomic E-state index is 0.0108. The Labute approximate surface area is 172 Å². The summed E-state index contributed by atoms with van der Waals surface area (Å²) in [5.41, 5.74) is 1.66. The third-order valence-corrected chi connectivity index (χ3v) is 4.30. The number of fused-ring (bicyclic) bond motifs is 1. The van der Waals surface area contributed by atoms with E-state index in [1.165, 1.54) is 42.7 Å². The molecule has 0 saturated carbocycles. The molecule has 1 N–H and O–H groups in total. The SMILES string of the molecule is Cc1nc(-c2cccc(F)c2)ncc1OC(=O)Nn1cc(C(F)(F)F)c2ncccc21. The van der Waals surface area contributed by atoms with E-state index in [0.29, 0.717) is 5.56 Å². The van der Waals surface area contributed by atoms with Gasteiger partial charge in [0.15, 0.2) is 11.6 Å². The molecule has 1 aromatic carbocycles. The summed E-state index contributed by atoms with van der Waals surface area (Å²) in [5, 5.41) is 0. The lowest BCUT2D eigenvalue weighted by atomic mass is 10.2. The van der Waals surface area contributed by atoms with Gasteiger partial charge in [-0.3, -0.25) is 9.66 Å². The molecule has 7 nitrogen and oxygen atoms in total. The maximum absolute atomic E-state index is 13.4. The summed E-state index contributed by atoms with van der Waals surface area (Å²) in [6, 6.07) is 8.48. The van der Waals surface area contributed by atoms with Gasteiger partial charge in [-0.2, -0.15) is 13.2 Å². The van der Waals surface area contributed by atoms with Crippen molar-refractivity contribution in [1.29, 1.82) is 0 Å². The fourth-order valence-electron chi connectivity index (χ4n) is 2.90. The summed E-state index contributed by atoms with van der Waals surface area (Å²) >= 11 is 0. The quantitative estimate of drug-likeness (QED) is 0.476. The highest BCUT2D eigenvalue weighted by atomic mass is 19.4. The molecule has 0 saturated heterocycles. The second-order valence-electron chi connectivity index (χ2n) is 6.44. The molecule has 0 radical (unpaired) electrons. The number of hydrogen-bond acceptors (Lipinski definition) is 5. The number of aryl methyl sites for hydroxylation is 1. The van der Waals surface area contributed by atoms with Crippen molar-refractivity contribution in [1.82, 2.24) is 19.6 Å². The van der Waals surface area contributed by atoms with E-state index in [1.54, 1.807) is 13.0 Å². The lowest BCUT2D eigenvalue weighted by Gasteiger charge is -2.10. The van der Waals surface area contributed by atoms with Crippen molar-refractivity contribution < 1.29 is 27.1 Å². The van der Waals surface area contributed by atoms with Crippen molar-refractivity contribution in [2.75, 3.05) is 5.43 Å². The van der Waals surface area contributed by atoms with Crippen LogP contribution in [0.1, 0.15) is 11.3 Å². The molecular formula is C20H13F4N5O2. The van der Waals surface area contributed by atoms with Crippen molar-refractivity contribution in [3.05, 3.63) is 72.1 Å². The zero-order valence-corrected chi connectivity index (χ0v) is 15.8. The summed E-state index contributed by atoms with van der Waals surface area (Å²) in [6.07, 6.45) is -2.55. The summed E-state index contributed by atoms with van der Waals surface area (Å²) in [5.74, 6) is -0.240. The maximum atomic E-state index is 13.4. The van der Waals surface area contributed by atoms with Crippen LogP contribution in [0.25, 0.3) is 22.4 Å². The van der Waals surface area contributed by atoms with Crippen LogP contribution in [0.2, 0.25) is 0 Å². The van der Waals surface area contributed by atoms with Crippen LogP contribution in [0.4, 0.5) is 22.4 Å². The molecule has 0 fully saturated rings. The van der Waals surface area contributed by atoms with Crippen LogP contribution >= 0.6 is 0 Å². The van der Waals surface area contributed by atoms with E-state index in [4.69, 9.17) is 4.74 Å². The van der Waals surface area contributed by atoms with Gasteiger partial charge in [-0.05, 0) is 31.2 Å². The van der Waals surface area contributed by atoms with E-state index >= 15 is 0 Å². The van der Waals surface area contributed by atoms with Crippen molar-refractivity contribution >= 4 is 17.1 Å². The van der Waals surface area contributed by atoms with E-state index < -0.39 is 23.7 Å². The van der Waals surface area contributed by atoms with Gasteiger partial charge in [0.05, 0.1) is 17.4 Å². The molecule has 11 heteroatoms. The number of benzene rings is 1. The minimum atomic E-state index is -4.65. The molecule has 0 bridgehead atoms. The minimum Gasteiger partial charge on any atom is -0.406 e. The number of carbonyl (C=O) groups excluding carboxylic acids is 1. The first-order valence-electron chi connectivity index (χ1n) is 8.84. The molecule has 0 unspecified atom stereocenters. The predicted molar refractivity (Wildman–Crippen MR) is 102 cm³/mol. The number of amides is 1. The van der Waals surface area contributed by atoms with Gasteiger partial charge in [0.1, 0.15) is 16.9 Å². The molecule has 4 rings (SSSR count). The number of alkyl halides is 3. The number of hydrogen-bond donors (Lipinski definition) is 1. The Hall–Kier alpha value is -4.02. The lowest BCUT2D eigenvalue weighted by Crippen LogP contribution is -2.26. The van der Waals surface area contributed by atoms with Crippen LogP contribution in [-0.4, -0.2) is 25.7 Å². The normalized spacial score (nSPS) is 11.5. The zero-order chi connectivity index (χ0) is 22.2. The predicted octanol–water partition coefficient (Wildman–Crippen LogP) is 4.70. The van der Waals surface area contributed by atoms with Gasteiger partial charge in [0, 0.05) is 18.0 Å². The molecule has 0 aliphatic rings. The molecular weight excluding hydrogens is 418 g/mol. The summed E-state index contributed by atoms with van der Waals surface area (Å²) < 4.78 is 59.1. The zero-order valence-electron chi connectivity index (χ0n) is 15.8. The van der Waals surface area contributed by atoms with Gasteiger partial charge < -0.3 is 4.74 Å². The fraction of sp³-hybridized carbons (Fsp3) is 0.100. The Morgan fingerprint density at radius 2 is 1.97 bits per heavy atom. The summed E-state index contributed by atoms with van der Waals surface area (Å²) in [7, 11) is 0. The summed E-state index contributed by atoms with van der Waals surface area (Å²) in [6.45, 7) is 1.55. The molecule has 0 aliphatic heterocycles. The van der Waals surface area contributed by atoms with Gasteiger partial charge in [0.2, 0.25) is 0 Å². The molecule has 158 valence electrons. The van der Waals surface area contributed by atoms with Crippen molar-refractivity contribution in [3.8, 4) is 17.1 Å². The lowest BCUT2D eigenvalue weighted by molar-refractivity contribution is -0.136. The Morgan fingerprint density at radius 1 is 1.16 bits per heavy atom. The van der Waals surface area contributed by atoms with Gasteiger partial charge in [0.25, 0.3) is 0 Å². The molecule has 4 aromatic rings. The molecule has 31 heavy (non-hydrogen) atoms. The first-order chi connectivity index (χ1) is 14.7. The number of aromatic nitrogens is 4. The monoisotopic (exact) mass is 431 g/mol. The van der Waals surface area contributed by atoms with Crippen molar-refractivity contribution in [2.45, 2.75) is 13.1 Å². The number of nitrogens with zero attached hydrogens (tertiary/aromatic N) is 4. The van der Waals surface area contributed by atoms with Crippen LogP contribution in [0.3, 0.4) is 0 Å². The molecule has 0 atom stereocenters. The second-order valence-corrected chi connectivity index (χ2v) is 6.44.